The van der Waals surface area contributed by atoms with Crippen LogP contribution in [0.3, 0.4) is 0 Å². The van der Waals surface area contributed by atoms with Gasteiger partial charge in [-0.3, -0.25) is 9.59 Å². The van der Waals surface area contributed by atoms with Crippen LogP contribution < -0.4 is 25.0 Å². The highest BCUT2D eigenvalue weighted by atomic mass is 19.1. The minimum absolute atomic E-state index is 0.142. The van der Waals surface area contributed by atoms with Gasteiger partial charge in [0.15, 0.2) is 11.5 Å². The average molecular weight is 389 g/mol. The molecule has 2 aromatic carbocycles. The number of halogens is 1. The van der Waals surface area contributed by atoms with Crippen LogP contribution >= 0.6 is 0 Å². The number of carbonyl (C=O) groups is 2. The van der Waals surface area contributed by atoms with Crippen molar-refractivity contribution in [3.63, 3.8) is 0 Å². The number of rotatable bonds is 8. The molecular weight excluding hydrogens is 369 g/mol. The van der Waals surface area contributed by atoms with Crippen molar-refractivity contribution in [1.82, 2.24) is 10.7 Å². The van der Waals surface area contributed by atoms with Crippen LogP contribution in [0.15, 0.2) is 41.5 Å². The number of nitrogens with one attached hydrogen (secondary N) is 2. The fourth-order valence-corrected chi connectivity index (χ4v) is 2.30. The number of ether oxygens (including phenoxy) is 3. The Hall–Kier alpha value is -3.62. The molecular formula is C19H20FN3O5. The summed E-state index contributed by atoms with van der Waals surface area (Å²) in [5.74, 6) is -0.628. The minimum Gasteiger partial charge on any atom is -0.493 e. The van der Waals surface area contributed by atoms with Crippen LogP contribution in [0.4, 0.5) is 4.39 Å². The van der Waals surface area contributed by atoms with Gasteiger partial charge in [0.1, 0.15) is 5.82 Å². The molecule has 0 radical (unpaired) electrons. The zero-order valence-corrected chi connectivity index (χ0v) is 15.6. The Morgan fingerprint density at radius 2 is 1.71 bits per heavy atom. The lowest BCUT2D eigenvalue weighted by atomic mass is 10.2. The standard InChI is InChI=1S/C19H20FN3O5/c1-26-15-8-12(9-16(27-2)18(15)28-3)10-22-23-17(24)11-21-19(25)13-6-4-5-7-14(13)20/h4-10H,11H2,1-3H3,(H,21,25)(H,23,24)/b22-10+. The number of hydrogen-bond donors (Lipinski definition) is 2. The summed E-state index contributed by atoms with van der Waals surface area (Å²) < 4.78 is 29.2. The molecule has 8 nitrogen and oxygen atoms in total. The molecule has 2 amide bonds. The maximum atomic E-state index is 13.5. The van der Waals surface area contributed by atoms with Crippen molar-refractivity contribution in [3.8, 4) is 17.2 Å². The monoisotopic (exact) mass is 389 g/mol. The number of methoxy groups -OCH3 is 3. The van der Waals surface area contributed by atoms with Crippen LogP contribution in [-0.2, 0) is 4.79 Å². The molecule has 0 spiro atoms. The smallest absolute Gasteiger partial charge is 0.259 e. The number of hydrogen-bond acceptors (Lipinski definition) is 6. The van der Waals surface area contributed by atoms with Gasteiger partial charge in [-0.25, -0.2) is 9.82 Å². The summed E-state index contributed by atoms with van der Waals surface area (Å²) in [4.78, 5) is 23.7. The summed E-state index contributed by atoms with van der Waals surface area (Å²) in [6.45, 7) is -0.361. The highest BCUT2D eigenvalue weighted by Gasteiger charge is 2.13. The quantitative estimate of drug-likeness (QED) is 0.529. The van der Waals surface area contributed by atoms with E-state index in [0.29, 0.717) is 22.8 Å². The van der Waals surface area contributed by atoms with Gasteiger partial charge >= 0.3 is 0 Å². The molecule has 0 saturated heterocycles. The van der Waals surface area contributed by atoms with Crippen molar-refractivity contribution in [2.24, 2.45) is 5.10 Å². The van der Waals surface area contributed by atoms with Gasteiger partial charge in [-0.15, -0.1) is 0 Å². The summed E-state index contributed by atoms with van der Waals surface area (Å²) in [5.41, 5.74) is 2.71. The summed E-state index contributed by atoms with van der Waals surface area (Å²) in [7, 11) is 4.46. The largest absolute Gasteiger partial charge is 0.493 e. The highest BCUT2D eigenvalue weighted by molar-refractivity contribution is 5.96. The van der Waals surface area contributed by atoms with E-state index in [0.717, 1.165) is 6.07 Å². The van der Waals surface area contributed by atoms with E-state index in [1.165, 1.54) is 45.7 Å². The molecule has 2 N–H and O–H groups in total. The third-order valence-corrected chi connectivity index (χ3v) is 3.62. The topological polar surface area (TPSA) is 98.2 Å². The molecule has 0 saturated carbocycles. The van der Waals surface area contributed by atoms with Crippen molar-refractivity contribution in [1.29, 1.82) is 0 Å². The summed E-state index contributed by atoms with van der Waals surface area (Å²) in [6, 6.07) is 8.78. The molecule has 9 heteroatoms. The zero-order chi connectivity index (χ0) is 20.5. The molecule has 0 heterocycles. The number of amides is 2. The SMILES string of the molecule is COc1cc(/C=N/NC(=O)CNC(=O)c2ccccc2F)cc(OC)c1OC. The van der Waals surface area contributed by atoms with E-state index in [9.17, 15) is 14.0 Å². The summed E-state index contributed by atoms with van der Waals surface area (Å²) in [5, 5.41) is 6.13. The van der Waals surface area contributed by atoms with Crippen molar-refractivity contribution < 1.29 is 28.2 Å². The molecule has 0 aliphatic carbocycles. The number of benzene rings is 2. The zero-order valence-electron chi connectivity index (χ0n) is 15.6. The third kappa shape index (κ3) is 5.19. The molecule has 0 unspecified atom stereocenters. The Morgan fingerprint density at radius 1 is 1.07 bits per heavy atom. The molecule has 0 fully saturated rings. The van der Waals surface area contributed by atoms with Gasteiger partial charge in [0.25, 0.3) is 11.8 Å². The van der Waals surface area contributed by atoms with E-state index < -0.39 is 17.6 Å². The predicted octanol–water partition coefficient (Wildman–Crippen LogP) is 1.73. The van der Waals surface area contributed by atoms with Crippen LogP contribution in [-0.4, -0.2) is 45.9 Å². The molecule has 148 valence electrons. The van der Waals surface area contributed by atoms with Gasteiger partial charge in [0.2, 0.25) is 5.75 Å². The first kappa shape index (κ1) is 20.7. The number of nitrogens with zero attached hydrogens (tertiary/aromatic N) is 1. The van der Waals surface area contributed by atoms with Gasteiger partial charge in [-0.1, -0.05) is 12.1 Å². The second-order valence-electron chi connectivity index (χ2n) is 5.41. The number of carbonyl (C=O) groups excluding carboxylic acids is 2. The first-order valence-corrected chi connectivity index (χ1v) is 8.14. The molecule has 0 bridgehead atoms. The van der Waals surface area contributed by atoms with Crippen LogP contribution in [0.5, 0.6) is 17.2 Å². The maximum absolute atomic E-state index is 13.5. The van der Waals surface area contributed by atoms with E-state index in [4.69, 9.17) is 14.2 Å². The van der Waals surface area contributed by atoms with Crippen LogP contribution in [0.2, 0.25) is 0 Å². The molecule has 2 aromatic rings. The predicted molar refractivity (Wildman–Crippen MR) is 101 cm³/mol. The van der Waals surface area contributed by atoms with Crippen molar-refractivity contribution in [2.45, 2.75) is 0 Å². The number of hydrazone groups is 1. The van der Waals surface area contributed by atoms with Gasteiger partial charge in [0.05, 0.1) is 39.7 Å². The average Bonchev–Trinajstić information content (AvgIpc) is 2.71. The van der Waals surface area contributed by atoms with Gasteiger partial charge < -0.3 is 19.5 Å². The minimum atomic E-state index is -0.693. The van der Waals surface area contributed by atoms with Crippen molar-refractivity contribution in [3.05, 3.63) is 53.3 Å². The van der Waals surface area contributed by atoms with Crippen LogP contribution in [0.25, 0.3) is 0 Å². The van der Waals surface area contributed by atoms with Crippen molar-refractivity contribution in [2.75, 3.05) is 27.9 Å². The lowest BCUT2D eigenvalue weighted by molar-refractivity contribution is -0.120. The van der Waals surface area contributed by atoms with E-state index >= 15 is 0 Å². The normalized spacial score (nSPS) is 10.4. The molecule has 0 aliphatic rings. The summed E-state index contributed by atoms with van der Waals surface area (Å²) >= 11 is 0. The second-order valence-corrected chi connectivity index (χ2v) is 5.41. The Balaban J connectivity index is 1.94. The molecule has 28 heavy (non-hydrogen) atoms. The second kappa shape index (κ2) is 9.91. The first-order chi connectivity index (χ1) is 13.5. The fourth-order valence-electron chi connectivity index (χ4n) is 2.30. The van der Waals surface area contributed by atoms with Crippen LogP contribution in [0, 0.1) is 5.82 Å². The van der Waals surface area contributed by atoms with E-state index in [2.05, 4.69) is 15.8 Å². The van der Waals surface area contributed by atoms with Gasteiger partial charge in [0, 0.05) is 5.56 Å². The molecule has 0 atom stereocenters. The van der Waals surface area contributed by atoms with Crippen molar-refractivity contribution >= 4 is 18.0 Å². The Kier molecular flexibility index (Phi) is 7.32. The lowest BCUT2D eigenvalue weighted by Gasteiger charge is -2.12. The van der Waals surface area contributed by atoms with Crippen LogP contribution in [0.1, 0.15) is 15.9 Å². The Bertz CT molecular complexity index is 861. The molecule has 2 rings (SSSR count). The third-order valence-electron chi connectivity index (χ3n) is 3.62. The van der Waals surface area contributed by atoms with E-state index in [1.807, 2.05) is 0 Å². The highest BCUT2D eigenvalue weighted by Crippen LogP contribution is 2.37. The molecule has 0 aromatic heterocycles. The maximum Gasteiger partial charge on any atom is 0.259 e. The first-order valence-electron chi connectivity index (χ1n) is 8.14. The fraction of sp³-hybridized carbons (Fsp3) is 0.211. The van der Waals surface area contributed by atoms with E-state index in [-0.39, 0.29) is 12.1 Å². The molecule has 0 aliphatic heterocycles. The Morgan fingerprint density at radius 3 is 2.29 bits per heavy atom. The van der Waals surface area contributed by atoms with Gasteiger partial charge in [-0.2, -0.15) is 5.10 Å². The van der Waals surface area contributed by atoms with E-state index in [1.54, 1.807) is 12.1 Å². The Labute approximate surface area is 161 Å². The summed E-state index contributed by atoms with van der Waals surface area (Å²) in [6.07, 6.45) is 1.38. The van der Waals surface area contributed by atoms with Gasteiger partial charge in [-0.05, 0) is 24.3 Å². The lowest BCUT2D eigenvalue weighted by Crippen LogP contribution is -2.35.